The number of aryl methyl sites for hydroxylation is 1. The van der Waals surface area contributed by atoms with Gasteiger partial charge in [-0.3, -0.25) is 21.1 Å². The van der Waals surface area contributed by atoms with Crippen LogP contribution in [0.5, 0.6) is 0 Å². The fraction of sp³-hybridized carbons (Fsp3) is 0.600. The van der Waals surface area contributed by atoms with Crippen molar-refractivity contribution in [2.24, 2.45) is 5.84 Å². The van der Waals surface area contributed by atoms with Crippen LogP contribution in [0.15, 0.2) is 18.2 Å². The third kappa shape index (κ3) is 2.85. The van der Waals surface area contributed by atoms with Crippen molar-refractivity contribution in [3.8, 4) is 0 Å². The summed E-state index contributed by atoms with van der Waals surface area (Å²) >= 11 is 6.36. The van der Waals surface area contributed by atoms with Crippen molar-refractivity contribution in [1.29, 1.82) is 0 Å². The molecule has 0 aliphatic carbocycles. The molecule has 2 atom stereocenters. The summed E-state index contributed by atoms with van der Waals surface area (Å²) in [5.41, 5.74) is 5.40. The topological polar surface area (TPSA) is 44.5 Å². The second kappa shape index (κ2) is 6.00. The molecule has 3 aliphatic rings. The Hall–Kier alpha value is -0.650. The number of fused-ring (bicyclic) bond motifs is 3. The van der Waals surface area contributed by atoms with Gasteiger partial charge in [0.2, 0.25) is 0 Å². The third-order valence-corrected chi connectivity index (χ3v) is 5.00. The molecule has 1 aromatic carbocycles. The Labute approximate surface area is 125 Å². The second-order valence-electron chi connectivity index (χ2n) is 5.98. The number of hydrogen-bond donors (Lipinski definition) is 2. The number of nitrogens with one attached hydrogen (secondary N) is 1. The predicted molar refractivity (Wildman–Crippen MR) is 82.8 cm³/mol. The summed E-state index contributed by atoms with van der Waals surface area (Å²) in [7, 11) is 0. The lowest BCUT2D eigenvalue weighted by Gasteiger charge is -2.50. The zero-order valence-corrected chi connectivity index (χ0v) is 12.7. The first-order valence-corrected chi connectivity index (χ1v) is 7.73. The number of hydrazine groups is 1. The number of nitrogens with two attached hydrogens (primary N) is 1. The molecule has 0 amide bonds. The Morgan fingerprint density at radius 2 is 2.10 bits per heavy atom. The van der Waals surface area contributed by atoms with Crippen molar-refractivity contribution < 1.29 is 0 Å². The number of hydrogen-bond acceptors (Lipinski definition) is 4. The highest BCUT2D eigenvalue weighted by Gasteiger charge is 2.36. The molecule has 0 radical (unpaired) electrons. The Morgan fingerprint density at radius 1 is 1.35 bits per heavy atom. The minimum Gasteiger partial charge on any atom is -0.299 e. The van der Waals surface area contributed by atoms with Gasteiger partial charge in [0.25, 0.3) is 0 Å². The van der Waals surface area contributed by atoms with E-state index in [1.807, 2.05) is 6.07 Å². The van der Waals surface area contributed by atoms with Crippen molar-refractivity contribution in [2.75, 3.05) is 32.7 Å². The first-order chi connectivity index (χ1) is 9.67. The lowest BCUT2D eigenvalue weighted by atomic mass is 9.94. The number of piperazine rings is 3. The van der Waals surface area contributed by atoms with Crippen LogP contribution in [0.2, 0.25) is 5.02 Å². The van der Waals surface area contributed by atoms with Gasteiger partial charge in [0.05, 0.1) is 0 Å². The molecule has 2 bridgehead atoms. The minimum absolute atomic E-state index is 0.248. The van der Waals surface area contributed by atoms with E-state index in [1.165, 1.54) is 24.2 Å². The summed E-state index contributed by atoms with van der Waals surface area (Å²) < 4.78 is 0. The Kier molecular flexibility index (Phi) is 4.29. The molecule has 5 heteroatoms. The molecule has 0 spiro atoms. The van der Waals surface area contributed by atoms with E-state index in [0.717, 1.165) is 31.1 Å². The van der Waals surface area contributed by atoms with E-state index in [-0.39, 0.29) is 6.04 Å². The fourth-order valence-corrected chi connectivity index (χ4v) is 3.71. The maximum Gasteiger partial charge on any atom is 0.0441 e. The highest BCUT2D eigenvalue weighted by atomic mass is 35.5. The molecule has 4 nitrogen and oxygen atoms in total. The lowest BCUT2D eigenvalue weighted by Crippen LogP contribution is -2.67. The Balaban J connectivity index is 1.73. The summed E-state index contributed by atoms with van der Waals surface area (Å²) in [5, 5.41) is 0.849. The normalized spacial score (nSPS) is 30.4. The molecular formula is C15H23ClN4. The zero-order valence-electron chi connectivity index (χ0n) is 12.0. The van der Waals surface area contributed by atoms with Crippen LogP contribution < -0.4 is 11.3 Å². The Morgan fingerprint density at radius 3 is 2.65 bits per heavy atom. The van der Waals surface area contributed by atoms with E-state index in [2.05, 4.69) is 34.3 Å². The van der Waals surface area contributed by atoms with Gasteiger partial charge in [-0.25, -0.2) is 0 Å². The van der Waals surface area contributed by atoms with Gasteiger partial charge in [-0.05, 0) is 30.5 Å². The molecule has 3 N–H and O–H groups in total. The van der Waals surface area contributed by atoms with Crippen LogP contribution in [0.3, 0.4) is 0 Å². The standard InChI is InChI=1S/C15H23ClN4/c1-11-2-3-12(13(16)8-11)9-14(18-17)15-10-19-4-6-20(15)7-5-19/h2-3,8,14-15,18H,4-7,9-10,17H2,1H3. The maximum atomic E-state index is 6.36. The first-order valence-electron chi connectivity index (χ1n) is 7.35. The van der Waals surface area contributed by atoms with Gasteiger partial charge in [0, 0.05) is 49.8 Å². The number of benzene rings is 1. The second-order valence-corrected chi connectivity index (χ2v) is 6.38. The molecule has 3 aliphatic heterocycles. The van der Waals surface area contributed by atoms with Gasteiger partial charge < -0.3 is 0 Å². The molecule has 4 rings (SSSR count). The van der Waals surface area contributed by atoms with E-state index >= 15 is 0 Å². The molecule has 110 valence electrons. The molecular weight excluding hydrogens is 272 g/mol. The van der Waals surface area contributed by atoms with Crippen LogP contribution in [-0.2, 0) is 6.42 Å². The van der Waals surface area contributed by atoms with Gasteiger partial charge in [0.1, 0.15) is 0 Å². The summed E-state index contributed by atoms with van der Waals surface area (Å²) in [4.78, 5) is 5.10. The lowest BCUT2D eigenvalue weighted by molar-refractivity contribution is -0.00314. The number of rotatable bonds is 4. The molecule has 3 fully saturated rings. The fourth-order valence-electron chi connectivity index (χ4n) is 3.40. The van der Waals surface area contributed by atoms with Crippen molar-refractivity contribution >= 4 is 11.6 Å². The molecule has 3 saturated heterocycles. The van der Waals surface area contributed by atoms with E-state index in [9.17, 15) is 0 Å². The van der Waals surface area contributed by atoms with E-state index in [1.54, 1.807) is 0 Å². The summed E-state index contributed by atoms with van der Waals surface area (Å²) in [6.45, 7) is 7.87. The average Bonchev–Trinajstić information content (AvgIpc) is 2.48. The predicted octanol–water partition coefficient (Wildman–Crippen LogP) is 1.02. The van der Waals surface area contributed by atoms with Crippen LogP contribution in [0.4, 0.5) is 0 Å². The molecule has 1 aromatic rings. The van der Waals surface area contributed by atoms with Gasteiger partial charge in [-0.15, -0.1) is 0 Å². The van der Waals surface area contributed by atoms with Crippen LogP contribution in [0.1, 0.15) is 11.1 Å². The quantitative estimate of drug-likeness (QED) is 0.643. The molecule has 2 unspecified atom stereocenters. The minimum atomic E-state index is 0.248. The first kappa shape index (κ1) is 14.3. The van der Waals surface area contributed by atoms with Crippen LogP contribution in [0.25, 0.3) is 0 Å². The highest BCUT2D eigenvalue weighted by Crippen LogP contribution is 2.23. The monoisotopic (exact) mass is 294 g/mol. The molecule has 0 aromatic heterocycles. The number of nitrogens with zero attached hydrogens (tertiary/aromatic N) is 2. The third-order valence-electron chi connectivity index (χ3n) is 4.65. The van der Waals surface area contributed by atoms with Crippen molar-refractivity contribution in [3.05, 3.63) is 34.3 Å². The van der Waals surface area contributed by atoms with Crippen LogP contribution >= 0.6 is 11.6 Å². The smallest absolute Gasteiger partial charge is 0.0441 e. The highest BCUT2D eigenvalue weighted by molar-refractivity contribution is 6.31. The van der Waals surface area contributed by atoms with Crippen molar-refractivity contribution in [2.45, 2.75) is 25.4 Å². The van der Waals surface area contributed by atoms with E-state index < -0.39 is 0 Å². The largest absolute Gasteiger partial charge is 0.299 e. The SMILES string of the molecule is Cc1ccc(CC(NN)C2CN3CCN2CC3)c(Cl)c1. The van der Waals surface area contributed by atoms with Crippen molar-refractivity contribution in [3.63, 3.8) is 0 Å². The van der Waals surface area contributed by atoms with Crippen LogP contribution in [0, 0.1) is 6.92 Å². The molecule has 20 heavy (non-hydrogen) atoms. The Bertz CT molecular complexity index is 471. The molecule has 3 heterocycles. The molecule has 0 saturated carbocycles. The van der Waals surface area contributed by atoms with Crippen LogP contribution in [-0.4, -0.2) is 54.6 Å². The van der Waals surface area contributed by atoms with Crippen molar-refractivity contribution in [1.82, 2.24) is 15.2 Å². The van der Waals surface area contributed by atoms with E-state index in [0.29, 0.717) is 6.04 Å². The van der Waals surface area contributed by atoms with Gasteiger partial charge in [0.15, 0.2) is 0 Å². The van der Waals surface area contributed by atoms with Gasteiger partial charge >= 0.3 is 0 Å². The zero-order chi connectivity index (χ0) is 14.1. The number of halogens is 1. The summed E-state index contributed by atoms with van der Waals surface area (Å²) in [6, 6.07) is 7.00. The average molecular weight is 295 g/mol. The van der Waals surface area contributed by atoms with Gasteiger partial charge in [-0.1, -0.05) is 23.7 Å². The summed E-state index contributed by atoms with van der Waals surface area (Å²) in [6.07, 6.45) is 0.880. The maximum absolute atomic E-state index is 6.36. The van der Waals surface area contributed by atoms with Gasteiger partial charge in [-0.2, -0.15) is 0 Å². The van der Waals surface area contributed by atoms with E-state index in [4.69, 9.17) is 17.4 Å². The summed E-state index contributed by atoms with van der Waals surface area (Å²) in [5.74, 6) is 5.82.